The second kappa shape index (κ2) is 3.58. The summed E-state index contributed by atoms with van der Waals surface area (Å²) in [5.41, 5.74) is 1.51. The first kappa shape index (κ1) is 8.78. The molecule has 3 aromatic heterocycles. The average molecular weight is 213 g/mol. The second-order valence-electron chi connectivity index (χ2n) is 3.14. The lowest BCUT2D eigenvalue weighted by atomic mass is 10.3. The Morgan fingerprint density at radius 2 is 2.19 bits per heavy atom. The van der Waals surface area contributed by atoms with Gasteiger partial charge in [-0.15, -0.1) is 0 Å². The van der Waals surface area contributed by atoms with Crippen molar-refractivity contribution in [3.63, 3.8) is 0 Å². The first-order valence-corrected chi connectivity index (χ1v) is 4.67. The van der Waals surface area contributed by atoms with Crippen molar-refractivity contribution in [1.29, 1.82) is 0 Å². The van der Waals surface area contributed by atoms with Crippen molar-refractivity contribution >= 4 is 0 Å². The molecular formula is C10H7N5O. The van der Waals surface area contributed by atoms with Gasteiger partial charge in [0, 0.05) is 24.2 Å². The number of nitrogens with one attached hydrogen (secondary N) is 1. The minimum absolute atomic E-state index is 0.413. The van der Waals surface area contributed by atoms with Crippen molar-refractivity contribution in [3.8, 4) is 23.0 Å². The molecule has 78 valence electrons. The summed E-state index contributed by atoms with van der Waals surface area (Å²) in [6.07, 6.45) is 5.00. The Bertz CT molecular complexity index is 572. The molecule has 0 bridgehead atoms. The lowest BCUT2D eigenvalue weighted by molar-refractivity contribution is 0.431. The van der Waals surface area contributed by atoms with Crippen molar-refractivity contribution in [2.24, 2.45) is 0 Å². The van der Waals surface area contributed by atoms with Crippen molar-refractivity contribution in [1.82, 2.24) is 25.3 Å². The molecule has 6 heteroatoms. The molecule has 0 aliphatic heterocycles. The number of pyridine rings is 1. The van der Waals surface area contributed by atoms with Crippen LogP contribution in [0.5, 0.6) is 0 Å². The van der Waals surface area contributed by atoms with Crippen LogP contribution in [-0.4, -0.2) is 25.3 Å². The van der Waals surface area contributed by atoms with Crippen molar-refractivity contribution in [2.45, 2.75) is 0 Å². The summed E-state index contributed by atoms with van der Waals surface area (Å²) in [6, 6.07) is 5.46. The van der Waals surface area contributed by atoms with Crippen LogP contribution >= 0.6 is 0 Å². The van der Waals surface area contributed by atoms with E-state index >= 15 is 0 Å². The molecule has 0 unspecified atom stereocenters. The Morgan fingerprint density at radius 1 is 1.19 bits per heavy atom. The van der Waals surface area contributed by atoms with Gasteiger partial charge < -0.3 is 4.52 Å². The molecule has 6 nitrogen and oxygen atoms in total. The maximum Gasteiger partial charge on any atom is 0.276 e. The third-order valence-electron chi connectivity index (χ3n) is 2.08. The number of aromatic amines is 1. The summed E-state index contributed by atoms with van der Waals surface area (Å²) in [6.45, 7) is 0. The van der Waals surface area contributed by atoms with Gasteiger partial charge in [-0.3, -0.25) is 10.1 Å². The molecule has 0 saturated heterocycles. The fourth-order valence-electron chi connectivity index (χ4n) is 1.32. The van der Waals surface area contributed by atoms with Gasteiger partial charge in [0.25, 0.3) is 5.89 Å². The number of aromatic nitrogens is 5. The maximum absolute atomic E-state index is 5.10. The molecule has 3 heterocycles. The van der Waals surface area contributed by atoms with Gasteiger partial charge in [-0.1, -0.05) is 5.16 Å². The van der Waals surface area contributed by atoms with Gasteiger partial charge in [0.15, 0.2) is 0 Å². The summed E-state index contributed by atoms with van der Waals surface area (Å²) in [7, 11) is 0. The maximum atomic E-state index is 5.10. The second-order valence-corrected chi connectivity index (χ2v) is 3.14. The molecule has 3 aromatic rings. The van der Waals surface area contributed by atoms with Crippen LogP contribution in [0.1, 0.15) is 0 Å². The number of hydrogen-bond donors (Lipinski definition) is 1. The highest BCUT2D eigenvalue weighted by Gasteiger charge is 2.10. The van der Waals surface area contributed by atoms with Gasteiger partial charge in [-0.2, -0.15) is 10.1 Å². The zero-order chi connectivity index (χ0) is 10.8. The van der Waals surface area contributed by atoms with Crippen LogP contribution in [0.3, 0.4) is 0 Å². The van der Waals surface area contributed by atoms with E-state index in [1.54, 1.807) is 24.7 Å². The summed E-state index contributed by atoms with van der Waals surface area (Å²) in [5.74, 6) is 0.925. The smallest absolute Gasteiger partial charge is 0.276 e. The van der Waals surface area contributed by atoms with E-state index in [0.29, 0.717) is 17.4 Å². The molecule has 3 rings (SSSR count). The van der Waals surface area contributed by atoms with Gasteiger partial charge in [-0.25, -0.2) is 0 Å². The molecule has 0 atom stereocenters. The Labute approximate surface area is 90.3 Å². The largest absolute Gasteiger partial charge is 0.332 e. The van der Waals surface area contributed by atoms with Crippen LogP contribution in [-0.2, 0) is 0 Å². The van der Waals surface area contributed by atoms with E-state index in [4.69, 9.17) is 4.52 Å². The molecule has 0 fully saturated rings. The first-order chi connectivity index (χ1) is 7.93. The van der Waals surface area contributed by atoms with E-state index in [1.165, 1.54) is 0 Å². The van der Waals surface area contributed by atoms with Crippen molar-refractivity contribution < 1.29 is 4.52 Å². The summed E-state index contributed by atoms with van der Waals surface area (Å²) in [5, 5.41) is 10.4. The highest BCUT2D eigenvalue weighted by atomic mass is 16.5. The highest BCUT2D eigenvalue weighted by molar-refractivity contribution is 5.56. The Morgan fingerprint density at radius 3 is 2.94 bits per heavy atom. The lowest BCUT2D eigenvalue weighted by Crippen LogP contribution is -1.82. The van der Waals surface area contributed by atoms with Crippen LogP contribution in [0, 0.1) is 0 Å². The van der Waals surface area contributed by atoms with E-state index < -0.39 is 0 Å². The average Bonchev–Trinajstić information content (AvgIpc) is 3.01. The standard InChI is InChI=1S/C10H7N5O/c1-2-7(6-11-4-1)9-13-10(16-15-9)8-3-5-12-14-8/h1-6H,(H,12,14). The minimum atomic E-state index is 0.413. The topological polar surface area (TPSA) is 80.5 Å². The first-order valence-electron chi connectivity index (χ1n) is 4.67. The monoisotopic (exact) mass is 213 g/mol. The minimum Gasteiger partial charge on any atom is -0.332 e. The Kier molecular flexibility index (Phi) is 1.96. The Balaban J connectivity index is 2.00. The molecule has 0 aromatic carbocycles. The SMILES string of the molecule is c1cncc(-c2noc(-c3ccn[nH]3)n2)c1. The third kappa shape index (κ3) is 1.46. The van der Waals surface area contributed by atoms with Crippen LogP contribution < -0.4 is 0 Å². The molecule has 0 saturated carbocycles. The molecule has 0 aliphatic rings. The van der Waals surface area contributed by atoms with Gasteiger partial charge >= 0.3 is 0 Å². The summed E-state index contributed by atoms with van der Waals surface area (Å²) >= 11 is 0. The molecule has 16 heavy (non-hydrogen) atoms. The summed E-state index contributed by atoms with van der Waals surface area (Å²) < 4.78 is 5.10. The zero-order valence-corrected chi connectivity index (χ0v) is 8.16. The fraction of sp³-hybridized carbons (Fsp3) is 0. The van der Waals surface area contributed by atoms with E-state index in [1.807, 2.05) is 12.1 Å². The fourth-order valence-corrected chi connectivity index (χ4v) is 1.32. The number of H-pyrrole nitrogens is 1. The molecule has 0 spiro atoms. The number of hydrogen-bond acceptors (Lipinski definition) is 5. The lowest BCUT2D eigenvalue weighted by Gasteiger charge is -1.89. The van der Waals surface area contributed by atoms with Gasteiger partial charge in [0.1, 0.15) is 5.69 Å². The Hall–Kier alpha value is -2.50. The highest BCUT2D eigenvalue weighted by Crippen LogP contribution is 2.19. The van der Waals surface area contributed by atoms with E-state index in [2.05, 4.69) is 25.3 Å². The predicted octanol–water partition coefficient (Wildman–Crippen LogP) is 1.52. The summed E-state index contributed by atoms with van der Waals surface area (Å²) in [4.78, 5) is 8.23. The third-order valence-corrected chi connectivity index (χ3v) is 2.08. The van der Waals surface area contributed by atoms with Crippen LogP contribution in [0.2, 0.25) is 0 Å². The van der Waals surface area contributed by atoms with E-state index in [-0.39, 0.29) is 0 Å². The van der Waals surface area contributed by atoms with Crippen LogP contribution in [0.4, 0.5) is 0 Å². The van der Waals surface area contributed by atoms with E-state index in [9.17, 15) is 0 Å². The molecule has 0 aliphatic carbocycles. The zero-order valence-electron chi connectivity index (χ0n) is 8.16. The van der Waals surface area contributed by atoms with Gasteiger partial charge in [0.2, 0.25) is 5.82 Å². The molecular weight excluding hydrogens is 206 g/mol. The van der Waals surface area contributed by atoms with Gasteiger partial charge in [-0.05, 0) is 18.2 Å². The van der Waals surface area contributed by atoms with Crippen LogP contribution in [0.25, 0.3) is 23.0 Å². The number of nitrogens with zero attached hydrogens (tertiary/aromatic N) is 4. The van der Waals surface area contributed by atoms with Crippen LogP contribution in [0.15, 0.2) is 41.3 Å². The predicted molar refractivity (Wildman–Crippen MR) is 55.1 cm³/mol. The van der Waals surface area contributed by atoms with Gasteiger partial charge in [0.05, 0.1) is 0 Å². The quantitative estimate of drug-likeness (QED) is 0.698. The molecule has 0 radical (unpaired) electrons. The van der Waals surface area contributed by atoms with E-state index in [0.717, 1.165) is 5.56 Å². The van der Waals surface area contributed by atoms with Crippen molar-refractivity contribution in [3.05, 3.63) is 36.8 Å². The normalized spacial score (nSPS) is 10.5. The molecule has 0 amide bonds. The van der Waals surface area contributed by atoms with Crippen molar-refractivity contribution in [2.75, 3.05) is 0 Å². The molecule has 1 N–H and O–H groups in total. The number of rotatable bonds is 2.